The number of hydrogen-bond acceptors (Lipinski definition) is 2. The van der Waals surface area contributed by atoms with Crippen LogP contribution in [-0.4, -0.2) is 24.1 Å². The molecule has 1 fully saturated rings. The van der Waals surface area contributed by atoms with Gasteiger partial charge in [-0.3, -0.25) is 0 Å². The summed E-state index contributed by atoms with van der Waals surface area (Å²) in [5, 5.41) is 3.73. The molecular formula is C14H29NS. The molecule has 0 aliphatic heterocycles. The third-order valence-electron chi connectivity index (χ3n) is 4.23. The Morgan fingerprint density at radius 1 is 1.12 bits per heavy atom. The minimum absolute atomic E-state index is 0.560. The predicted molar refractivity (Wildman–Crippen MR) is 76.3 cm³/mol. The first-order valence-corrected chi connectivity index (χ1v) is 8.24. The lowest BCUT2D eigenvalue weighted by Crippen LogP contribution is -2.40. The summed E-state index contributed by atoms with van der Waals surface area (Å²) >= 11 is 2.10. The highest BCUT2D eigenvalue weighted by atomic mass is 32.2. The van der Waals surface area contributed by atoms with E-state index in [1.165, 1.54) is 58.0 Å². The molecule has 0 aromatic heterocycles. The average molecular weight is 243 g/mol. The molecule has 0 bridgehead atoms. The average Bonchev–Trinajstić information content (AvgIpc) is 2.36. The van der Waals surface area contributed by atoms with Gasteiger partial charge in [0.1, 0.15) is 0 Å². The van der Waals surface area contributed by atoms with Crippen molar-refractivity contribution < 1.29 is 0 Å². The fraction of sp³-hybridized carbons (Fsp3) is 1.00. The van der Waals surface area contributed by atoms with Gasteiger partial charge in [0.25, 0.3) is 0 Å². The highest BCUT2D eigenvalue weighted by molar-refractivity contribution is 8.00. The van der Waals surface area contributed by atoms with Gasteiger partial charge >= 0.3 is 0 Å². The van der Waals surface area contributed by atoms with E-state index >= 15 is 0 Å². The van der Waals surface area contributed by atoms with E-state index in [1.54, 1.807) is 0 Å². The van der Waals surface area contributed by atoms with Crippen LogP contribution < -0.4 is 5.32 Å². The van der Waals surface area contributed by atoms with Crippen LogP contribution >= 0.6 is 11.8 Å². The van der Waals surface area contributed by atoms with Crippen molar-refractivity contribution in [2.24, 2.45) is 5.92 Å². The maximum Gasteiger partial charge on any atom is 0.0281 e. The largest absolute Gasteiger partial charge is 0.315 e. The summed E-state index contributed by atoms with van der Waals surface area (Å²) in [5.74, 6) is 0.877. The zero-order valence-corrected chi connectivity index (χ0v) is 12.2. The van der Waals surface area contributed by atoms with E-state index in [4.69, 9.17) is 0 Å². The molecule has 0 heterocycles. The molecule has 0 amide bonds. The molecule has 0 aromatic carbocycles. The zero-order valence-electron chi connectivity index (χ0n) is 11.3. The van der Waals surface area contributed by atoms with Crippen LogP contribution in [0.3, 0.4) is 0 Å². The second-order valence-electron chi connectivity index (χ2n) is 5.26. The maximum absolute atomic E-state index is 3.73. The van der Waals surface area contributed by atoms with Crippen LogP contribution in [0.15, 0.2) is 0 Å². The van der Waals surface area contributed by atoms with Crippen LogP contribution in [-0.2, 0) is 0 Å². The summed E-state index contributed by atoms with van der Waals surface area (Å²) < 4.78 is 0.560. The van der Waals surface area contributed by atoms with E-state index in [-0.39, 0.29) is 0 Å². The zero-order chi connectivity index (χ0) is 11.9. The number of hydrogen-bond donors (Lipinski definition) is 1. The summed E-state index contributed by atoms with van der Waals surface area (Å²) in [7, 11) is 0. The maximum atomic E-state index is 3.73. The normalized spacial score (nSPS) is 20.2. The minimum Gasteiger partial charge on any atom is -0.315 e. The Labute approximate surface area is 106 Å². The van der Waals surface area contributed by atoms with Gasteiger partial charge in [-0.05, 0) is 31.6 Å². The first-order valence-electron chi connectivity index (χ1n) is 7.02. The van der Waals surface area contributed by atoms with Crippen LogP contribution in [0.4, 0.5) is 0 Å². The molecule has 2 heteroatoms. The minimum atomic E-state index is 0.560. The SMILES string of the molecule is CCC(CC)CNCC1(SC)CCCCC1. The van der Waals surface area contributed by atoms with Crippen molar-refractivity contribution in [3.8, 4) is 0 Å². The molecule has 0 radical (unpaired) electrons. The smallest absolute Gasteiger partial charge is 0.0281 e. The van der Waals surface area contributed by atoms with E-state index in [0.29, 0.717) is 4.75 Å². The highest BCUT2D eigenvalue weighted by Gasteiger charge is 2.30. The predicted octanol–water partition coefficient (Wildman–Crippen LogP) is 4.08. The summed E-state index contributed by atoms with van der Waals surface area (Å²) in [5.41, 5.74) is 0. The highest BCUT2D eigenvalue weighted by Crippen LogP contribution is 2.37. The van der Waals surface area contributed by atoms with E-state index < -0.39 is 0 Å². The van der Waals surface area contributed by atoms with E-state index in [1.807, 2.05) is 0 Å². The summed E-state index contributed by atoms with van der Waals surface area (Å²) in [4.78, 5) is 0. The van der Waals surface area contributed by atoms with Crippen LogP contribution in [0.1, 0.15) is 58.8 Å². The monoisotopic (exact) mass is 243 g/mol. The Kier molecular flexibility index (Phi) is 6.83. The molecular weight excluding hydrogens is 214 g/mol. The van der Waals surface area contributed by atoms with Crippen LogP contribution in [0, 0.1) is 5.92 Å². The molecule has 0 saturated heterocycles. The molecule has 0 spiro atoms. The summed E-state index contributed by atoms with van der Waals surface area (Å²) in [6.07, 6.45) is 12.1. The molecule has 1 N–H and O–H groups in total. The lowest BCUT2D eigenvalue weighted by molar-refractivity contribution is 0.360. The Morgan fingerprint density at radius 3 is 2.25 bits per heavy atom. The van der Waals surface area contributed by atoms with Gasteiger partial charge in [0.15, 0.2) is 0 Å². The molecule has 1 saturated carbocycles. The van der Waals surface area contributed by atoms with Gasteiger partial charge in [0.05, 0.1) is 0 Å². The second-order valence-corrected chi connectivity index (χ2v) is 6.54. The lowest BCUT2D eigenvalue weighted by Gasteiger charge is -2.36. The van der Waals surface area contributed by atoms with Crippen LogP contribution in [0.2, 0.25) is 0 Å². The Hall–Kier alpha value is 0.310. The van der Waals surface area contributed by atoms with Crippen molar-refractivity contribution in [1.29, 1.82) is 0 Å². The quantitative estimate of drug-likeness (QED) is 0.723. The fourth-order valence-electron chi connectivity index (χ4n) is 2.73. The standard InChI is InChI=1S/C14H29NS/c1-4-13(5-2)11-15-12-14(16-3)9-7-6-8-10-14/h13,15H,4-12H2,1-3H3. The third kappa shape index (κ3) is 4.29. The van der Waals surface area contributed by atoms with Gasteiger partial charge in [-0.25, -0.2) is 0 Å². The topological polar surface area (TPSA) is 12.0 Å². The van der Waals surface area contributed by atoms with Crippen LogP contribution in [0.25, 0.3) is 0 Å². The Bertz CT molecular complexity index is 172. The van der Waals surface area contributed by atoms with Crippen LogP contribution in [0.5, 0.6) is 0 Å². The van der Waals surface area contributed by atoms with Crippen molar-refractivity contribution in [3.63, 3.8) is 0 Å². The molecule has 16 heavy (non-hydrogen) atoms. The second kappa shape index (κ2) is 7.60. The van der Waals surface area contributed by atoms with Crippen molar-refractivity contribution in [3.05, 3.63) is 0 Å². The fourth-order valence-corrected chi connectivity index (χ4v) is 3.67. The van der Waals surface area contributed by atoms with Crippen molar-refractivity contribution in [2.45, 2.75) is 63.5 Å². The molecule has 1 aliphatic rings. The summed E-state index contributed by atoms with van der Waals surface area (Å²) in [6, 6.07) is 0. The van der Waals surface area contributed by atoms with Crippen molar-refractivity contribution in [2.75, 3.05) is 19.3 Å². The van der Waals surface area contributed by atoms with Crippen molar-refractivity contribution >= 4 is 11.8 Å². The molecule has 0 unspecified atom stereocenters. The molecule has 1 rings (SSSR count). The molecule has 1 nitrogen and oxygen atoms in total. The van der Waals surface area contributed by atoms with Gasteiger partial charge in [-0.2, -0.15) is 11.8 Å². The van der Waals surface area contributed by atoms with Gasteiger partial charge in [-0.1, -0.05) is 46.0 Å². The van der Waals surface area contributed by atoms with Gasteiger partial charge in [0, 0.05) is 11.3 Å². The number of rotatable bonds is 7. The number of thioether (sulfide) groups is 1. The summed E-state index contributed by atoms with van der Waals surface area (Å²) in [6.45, 7) is 7.06. The van der Waals surface area contributed by atoms with Gasteiger partial charge in [0.2, 0.25) is 0 Å². The van der Waals surface area contributed by atoms with Gasteiger partial charge < -0.3 is 5.32 Å². The molecule has 96 valence electrons. The molecule has 0 atom stereocenters. The van der Waals surface area contributed by atoms with E-state index in [9.17, 15) is 0 Å². The first kappa shape index (κ1) is 14.4. The molecule has 1 aliphatic carbocycles. The van der Waals surface area contributed by atoms with E-state index in [0.717, 1.165) is 5.92 Å². The van der Waals surface area contributed by atoms with E-state index in [2.05, 4.69) is 37.2 Å². The first-order chi connectivity index (χ1) is 7.76. The number of nitrogens with one attached hydrogen (secondary N) is 1. The Morgan fingerprint density at radius 2 is 1.75 bits per heavy atom. The third-order valence-corrected chi connectivity index (χ3v) is 5.65. The van der Waals surface area contributed by atoms with Crippen molar-refractivity contribution in [1.82, 2.24) is 5.32 Å². The lowest BCUT2D eigenvalue weighted by atomic mass is 9.88. The Balaban J connectivity index is 2.27. The van der Waals surface area contributed by atoms with Gasteiger partial charge in [-0.15, -0.1) is 0 Å². The molecule has 0 aromatic rings.